The molecule has 7 rings (SSSR count). The standard InChI is InChI=1S/C35H42ClN3O9S/c1-34(2)32(40)37-49(42,43)26-8-11-31-29(16-26)39(20-35(21-45-31)28-10-7-24(36)15-22(28)12-14-47-35)17-23-6-9-27(23)30(5-4-13-46-34)48-33(41)38(3)25-18-44-19-25/h4-5,7-8,10-11,15-16,23,25,27,30H,6,9,12-14,17-21H2,1-3H3,(H,37,40)/t23-,27+,30-,35+/m0/s1. The number of hydrogen-bond acceptors (Lipinski definition) is 10. The number of nitrogens with one attached hydrogen (secondary N) is 1. The molecule has 2 aromatic rings. The smallest absolute Gasteiger partial charge is 0.410 e. The Morgan fingerprint density at radius 3 is 2.67 bits per heavy atom. The van der Waals surface area contributed by atoms with Crippen LogP contribution >= 0.6 is 11.6 Å². The zero-order valence-electron chi connectivity index (χ0n) is 27.9. The molecule has 264 valence electrons. The maximum atomic E-state index is 13.6. The normalized spacial score (nSPS) is 29.2. The molecule has 1 spiro atoms. The van der Waals surface area contributed by atoms with Crippen LogP contribution in [0.25, 0.3) is 0 Å². The van der Waals surface area contributed by atoms with Crippen molar-refractivity contribution < 1.29 is 41.7 Å². The largest absolute Gasteiger partial charge is 0.488 e. The van der Waals surface area contributed by atoms with Crippen molar-refractivity contribution in [1.29, 1.82) is 0 Å². The van der Waals surface area contributed by atoms with Crippen LogP contribution in [0, 0.1) is 11.8 Å². The lowest BCUT2D eigenvalue weighted by atomic mass is 9.70. The molecular weight excluding hydrogens is 674 g/mol. The molecule has 4 aliphatic heterocycles. The second-order valence-corrected chi connectivity index (χ2v) is 16.1. The lowest BCUT2D eigenvalue weighted by molar-refractivity contribution is -0.139. The molecule has 1 saturated carbocycles. The fourth-order valence-electron chi connectivity index (χ4n) is 7.15. The average molecular weight is 716 g/mol. The van der Waals surface area contributed by atoms with Crippen LogP contribution < -0.4 is 14.4 Å². The van der Waals surface area contributed by atoms with Gasteiger partial charge in [-0.2, -0.15) is 0 Å². The Balaban J connectivity index is 1.28. The highest BCUT2D eigenvalue weighted by Gasteiger charge is 2.46. The molecule has 0 radical (unpaired) electrons. The van der Waals surface area contributed by atoms with Crippen molar-refractivity contribution in [3.63, 3.8) is 0 Å². The van der Waals surface area contributed by atoms with Gasteiger partial charge in [0.05, 0.1) is 49.6 Å². The second kappa shape index (κ2) is 13.1. The van der Waals surface area contributed by atoms with Crippen molar-refractivity contribution >= 4 is 39.3 Å². The van der Waals surface area contributed by atoms with Crippen molar-refractivity contribution in [3.8, 4) is 5.75 Å². The van der Waals surface area contributed by atoms with E-state index in [2.05, 4.69) is 9.62 Å². The molecule has 5 aliphatic rings. The topological polar surface area (TPSA) is 133 Å². The van der Waals surface area contributed by atoms with E-state index < -0.39 is 39.3 Å². The highest BCUT2D eigenvalue weighted by molar-refractivity contribution is 7.90. The molecule has 0 aromatic heterocycles. The number of benzene rings is 2. The third-order valence-electron chi connectivity index (χ3n) is 10.5. The van der Waals surface area contributed by atoms with Gasteiger partial charge in [0, 0.05) is 24.5 Å². The first-order chi connectivity index (χ1) is 23.3. The maximum Gasteiger partial charge on any atom is 0.410 e. The van der Waals surface area contributed by atoms with Gasteiger partial charge in [-0.25, -0.2) is 17.9 Å². The lowest BCUT2D eigenvalue weighted by Gasteiger charge is -2.46. The summed E-state index contributed by atoms with van der Waals surface area (Å²) in [4.78, 5) is 30.1. The maximum absolute atomic E-state index is 13.6. The number of carbonyl (C=O) groups is 2. The Kier molecular flexibility index (Phi) is 9.10. The van der Waals surface area contributed by atoms with Crippen molar-refractivity contribution in [1.82, 2.24) is 9.62 Å². The first kappa shape index (κ1) is 34.1. The number of amides is 2. The summed E-state index contributed by atoms with van der Waals surface area (Å²) in [6.07, 6.45) is 4.97. The van der Waals surface area contributed by atoms with Gasteiger partial charge < -0.3 is 33.5 Å². The number of carbonyl (C=O) groups excluding carboxylic acids is 2. The molecule has 2 aromatic carbocycles. The molecule has 4 heterocycles. The Labute approximate surface area is 291 Å². The Bertz CT molecular complexity index is 1760. The van der Waals surface area contributed by atoms with Crippen LogP contribution in [0.3, 0.4) is 0 Å². The van der Waals surface area contributed by atoms with Crippen molar-refractivity contribution in [2.24, 2.45) is 11.8 Å². The van der Waals surface area contributed by atoms with E-state index in [9.17, 15) is 18.0 Å². The van der Waals surface area contributed by atoms with Gasteiger partial charge in [-0.15, -0.1) is 0 Å². The average Bonchev–Trinajstić information content (AvgIpc) is 3.16. The van der Waals surface area contributed by atoms with Crippen LogP contribution in [0.1, 0.15) is 37.8 Å². The Hall–Kier alpha value is -3.36. The predicted octanol–water partition coefficient (Wildman–Crippen LogP) is 4.04. The fourth-order valence-corrected chi connectivity index (χ4v) is 8.46. The summed E-state index contributed by atoms with van der Waals surface area (Å²) in [5.41, 5.74) is 0.294. The number of sulfonamides is 1. The number of anilines is 1. The minimum atomic E-state index is -4.27. The van der Waals surface area contributed by atoms with Crippen LogP contribution in [-0.2, 0) is 45.8 Å². The predicted molar refractivity (Wildman–Crippen MR) is 180 cm³/mol. The third kappa shape index (κ3) is 6.63. The molecule has 0 unspecified atom stereocenters. The number of likely N-dealkylation sites (N-methyl/N-ethyl adjacent to an activating group) is 1. The van der Waals surface area contributed by atoms with Crippen LogP contribution in [0.4, 0.5) is 10.5 Å². The summed E-state index contributed by atoms with van der Waals surface area (Å²) in [6, 6.07) is 10.4. The molecular formula is C35H42ClN3O9S. The molecule has 1 aliphatic carbocycles. The van der Waals surface area contributed by atoms with Gasteiger partial charge in [-0.05, 0) is 86.6 Å². The summed E-state index contributed by atoms with van der Waals surface area (Å²) in [7, 11) is -2.56. The third-order valence-corrected chi connectivity index (χ3v) is 12.0. The monoisotopic (exact) mass is 715 g/mol. The molecule has 2 bridgehead atoms. The van der Waals surface area contributed by atoms with Crippen LogP contribution in [-0.4, -0.2) is 96.2 Å². The van der Waals surface area contributed by atoms with Gasteiger partial charge in [0.15, 0.2) is 0 Å². The number of nitrogens with zero attached hydrogens (tertiary/aromatic N) is 2. The minimum absolute atomic E-state index is 0.00377. The minimum Gasteiger partial charge on any atom is -0.488 e. The van der Waals surface area contributed by atoms with E-state index in [0.717, 1.165) is 24.0 Å². The van der Waals surface area contributed by atoms with Crippen LogP contribution in [0.5, 0.6) is 5.75 Å². The van der Waals surface area contributed by atoms with Crippen molar-refractivity contribution in [2.75, 3.05) is 58.1 Å². The molecule has 1 N–H and O–H groups in total. The van der Waals surface area contributed by atoms with Crippen molar-refractivity contribution in [2.45, 2.75) is 61.4 Å². The number of halogens is 1. The van der Waals surface area contributed by atoms with E-state index in [0.29, 0.717) is 55.8 Å². The zero-order valence-corrected chi connectivity index (χ0v) is 29.4. The lowest BCUT2D eigenvalue weighted by Crippen LogP contribution is -2.53. The SMILES string of the molecule is CN(C(=O)O[C@H]1C=CCOC(C)(C)C(=O)NS(=O)(=O)c2ccc3c(c2)N(C[C@@H]2CC[C@H]21)C[C@]1(CO3)OCCc2cc(Cl)ccc21)C1COC1. The molecule has 12 nitrogen and oxygen atoms in total. The van der Waals surface area contributed by atoms with E-state index in [1.165, 1.54) is 19.9 Å². The summed E-state index contributed by atoms with van der Waals surface area (Å²) >= 11 is 6.39. The van der Waals surface area contributed by atoms with Gasteiger partial charge in [-0.1, -0.05) is 23.7 Å². The molecule has 2 amide bonds. The zero-order chi connectivity index (χ0) is 34.6. The summed E-state index contributed by atoms with van der Waals surface area (Å²) in [5.74, 6) is -0.252. The van der Waals surface area contributed by atoms with Gasteiger partial charge >= 0.3 is 6.09 Å². The number of fused-ring (bicyclic) bond motifs is 4. The number of rotatable bonds is 2. The van der Waals surface area contributed by atoms with Crippen molar-refractivity contribution in [3.05, 3.63) is 64.7 Å². The van der Waals surface area contributed by atoms with E-state index >= 15 is 0 Å². The first-order valence-corrected chi connectivity index (χ1v) is 18.6. The van der Waals surface area contributed by atoms with Gasteiger partial charge in [0.1, 0.15) is 29.7 Å². The summed E-state index contributed by atoms with van der Waals surface area (Å²) in [6.45, 7) is 5.52. The van der Waals surface area contributed by atoms with Gasteiger partial charge in [0.2, 0.25) is 0 Å². The highest BCUT2D eigenvalue weighted by Crippen LogP contribution is 2.46. The Morgan fingerprint density at radius 2 is 1.94 bits per heavy atom. The van der Waals surface area contributed by atoms with E-state index in [4.69, 9.17) is 35.3 Å². The van der Waals surface area contributed by atoms with Gasteiger partial charge in [-0.3, -0.25) is 4.79 Å². The van der Waals surface area contributed by atoms with E-state index in [1.807, 2.05) is 24.3 Å². The highest BCUT2D eigenvalue weighted by atomic mass is 35.5. The quantitative estimate of drug-likeness (QED) is 0.455. The summed E-state index contributed by atoms with van der Waals surface area (Å²) < 4.78 is 59.7. The second-order valence-electron chi connectivity index (χ2n) is 14.0. The molecule has 1 saturated heterocycles. The first-order valence-electron chi connectivity index (χ1n) is 16.7. The molecule has 49 heavy (non-hydrogen) atoms. The number of ether oxygens (including phenoxy) is 5. The van der Waals surface area contributed by atoms with E-state index in [1.54, 1.807) is 30.2 Å². The van der Waals surface area contributed by atoms with Gasteiger partial charge in [0.25, 0.3) is 15.9 Å². The summed E-state index contributed by atoms with van der Waals surface area (Å²) in [5, 5.41) is 0.644. The van der Waals surface area contributed by atoms with E-state index in [-0.39, 0.29) is 36.0 Å². The molecule has 2 fully saturated rings. The molecule has 14 heteroatoms. The molecule has 4 atom stereocenters. The fraction of sp³-hybridized carbons (Fsp3) is 0.543. The Morgan fingerprint density at radius 1 is 1.12 bits per heavy atom. The van der Waals surface area contributed by atoms with Crippen LogP contribution in [0.15, 0.2) is 53.4 Å². The number of hydrogen-bond donors (Lipinski definition) is 1. The van der Waals surface area contributed by atoms with Crippen LogP contribution in [0.2, 0.25) is 5.02 Å².